The summed E-state index contributed by atoms with van der Waals surface area (Å²) in [6.07, 6.45) is -3.97. The number of para-hydroxylation sites is 1. The van der Waals surface area contributed by atoms with E-state index in [0.29, 0.717) is 33.7 Å². The highest BCUT2D eigenvalue weighted by atomic mass is 35.5. The minimum Gasteiger partial charge on any atom is -0.465 e. The predicted molar refractivity (Wildman–Crippen MR) is 108 cm³/mol. The van der Waals surface area contributed by atoms with Crippen molar-refractivity contribution in [3.8, 4) is 22.3 Å². The van der Waals surface area contributed by atoms with Gasteiger partial charge in [0, 0.05) is 16.1 Å². The summed E-state index contributed by atoms with van der Waals surface area (Å²) in [6, 6.07) is 14.5. The maximum absolute atomic E-state index is 12.8. The molecule has 0 aliphatic heterocycles. The van der Waals surface area contributed by atoms with E-state index < -0.39 is 17.7 Å². The molecule has 0 fully saturated rings. The molecule has 0 atom stereocenters. The fourth-order valence-corrected chi connectivity index (χ4v) is 3.33. The molecule has 0 heterocycles. The monoisotopic (exact) mass is 433 g/mol. The lowest BCUT2D eigenvalue weighted by Gasteiger charge is -2.14. The summed E-state index contributed by atoms with van der Waals surface area (Å²) in [6.45, 7) is 0. The molecule has 0 unspecified atom stereocenters. The second-order valence-electron chi connectivity index (χ2n) is 6.25. The van der Waals surface area contributed by atoms with E-state index in [2.05, 4.69) is 5.32 Å². The number of carbonyl (C=O) groups is 2. The van der Waals surface area contributed by atoms with Crippen LogP contribution in [-0.2, 0) is 15.7 Å². The summed E-state index contributed by atoms with van der Waals surface area (Å²) in [4.78, 5) is 23.1. The Morgan fingerprint density at radius 3 is 2.23 bits per heavy atom. The standard InChI is InChI=1S/C22H15ClF3NO3/c1-30-21(29)18-4-2-3-17(20(18)27-12-28)14-7-10-16(19(23)11-14)13-5-8-15(9-6-13)22(24,25)26/h2-12H,1H3,(H,27,28). The Labute approximate surface area is 175 Å². The molecule has 3 rings (SSSR count). The lowest BCUT2D eigenvalue weighted by Crippen LogP contribution is -2.08. The highest BCUT2D eigenvalue weighted by Gasteiger charge is 2.30. The Bertz CT molecular complexity index is 1100. The van der Waals surface area contributed by atoms with Crippen LogP contribution in [0.2, 0.25) is 5.02 Å². The summed E-state index contributed by atoms with van der Waals surface area (Å²) >= 11 is 6.40. The van der Waals surface area contributed by atoms with Crippen molar-refractivity contribution in [1.82, 2.24) is 0 Å². The van der Waals surface area contributed by atoms with Gasteiger partial charge >= 0.3 is 12.1 Å². The molecule has 0 bridgehead atoms. The van der Waals surface area contributed by atoms with Crippen LogP contribution < -0.4 is 5.32 Å². The number of hydrogen-bond donors (Lipinski definition) is 1. The molecule has 0 saturated heterocycles. The third kappa shape index (κ3) is 4.31. The molecule has 8 heteroatoms. The topological polar surface area (TPSA) is 55.4 Å². The molecule has 0 radical (unpaired) electrons. The molecule has 3 aromatic rings. The number of anilines is 1. The minimum absolute atomic E-state index is 0.171. The first-order valence-electron chi connectivity index (χ1n) is 8.65. The average Bonchev–Trinajstić information content (AvgIpc) is 2.73. The zero-order valence-corrected chi connectivity index (χ0v) is 16.3. The number of carbonyl (C=O) groups excluding carboxylic acids is 2. The fourth-order valence-electron chi connectivity index (χ4n) is 3.04. The lowest BCUT2D eigenvalue weighted by atomic mass is 9.96. The number of nitrogens with one attached hydrogen (secondary N) is 1. The summed E-state index contributed by atoms with van der Waals surface area (Å²) in [5, 5.41) is 2.81. The van der Waals surface area contributed by atoms with Crippen molar-refractivity contribution in [2.24, 2.45) is 0 Å². The minimum atomic E-state index is -4.42. The third-order valence-corrected chi connectivity index (χ3v) is 4.79. The third-order valence-electron chi connectivity index (χ3n) is 4.48. The first-order chi connectivity index (χ1) is 14.3. The SMILES string of the molecule is COC(=O)c1cccc(-c2ccc(-c3ccc(C(F)(F)F)cc3)c(Cl)c2)c1NC=O. The van der Waals surface area contributed by atoms with Crippen molar-refractivity contribution in [3.63, 3.8) is 0 Å². The predicted octanol–water partition coefficient (Wildman–Crippen LogP) is 6.05. The zero-order chi connectivity index (χ0) is 21.9. The first kappa shape index (κ1) is 21.4. The second-order valence-corrected chi connectivity index (χ2v) is 6.66. The highest BCUT2D eigenvalue weighted by molar-refractivity contribution is 6.33. The normalized spacial score (nSPS) is 11.1. The van der Waals surface area contributed by atoms with Gasteiger partial charge in [-0.3, -0.25) is 4.79 Å². The number of halogens is 4. The Balaban J connectivity index is 2.04. The second kappa shape index (κ2) is 8.59. The van der Waals surface area contributed by atoms with Crippen LogP contribution >= 0.6 is 11.6 Å². The first-order valence-corrected chi connectivity index (χ1v) is 9.03. The van der Waals surface area contributed by atoms with Crippen LogP contribution in [0.5, 0.6) is 0 Å². The van der Waals surface area contributed by atoms with E-state index in [1.54, 1.807) is 30.3 Å². The van der Waals surface area contributed by atoms with Gasteiger partial charge in [-0.2, -0.15) is 13.2 Å². The molecule has 1 N–H and O–H groups in total. The average molecular weight is 434 g/mol. The number of hydrogen-bond acceptors (Lipinski definition) is 3. The van der Waals surface area contributed by atoms with E-state index in [1.165, 1.54) is 25.3 Å². The van der Waals surface area contributed by atoms with Crippen molar-refractivity contribution in [2.45, 2.75) is 6.18 Å². The van der Waals surface area contributed by atoms with Crippen LogP contribution in [0.3, 0.4) is 0 Å². The summed E-state index contributed by atoms with van der Waals surface area (Å²) in [5.74, 6) is -0.617. The Kier molecular flexibility index (Phi) is 6.12. The summed E-state index contributed by atoms with van der Waals surface area (Å²) in [7, 11) is 1.23. The van der Waals surface area contributed by atoms with E-state index >= 15 is 0 Å². The Hall–Kier alpha value is -3.32. The van der Waals surface area contributed by atoms with Gasteiger partial charge in [-0.15, -0.1) is 0 Å². The number of alkyl halides is 3. The molecule has 0 saturated carbocycles. The molecule has 0 spiro atoms. The van der Waals surface area contributed by atoms with Crippen LogP contribution in [-0.4, -0.2) is 19.5 Å². The van der Waals surface area contributed by atoms with Crippen LogP contribution in [0.25, 0.3) is 22.3 Å². The van der Waals surface area contributed by atoms with Gasteiger partial charge in [-0.1, -0.05) is 48.0 Å². The van der Waals surface area contributed by atoms with Crippen molar-refractivity contribution in [1.29, 1.82) is 0 Å². The van der Waals surface area contributed by atoms with Crippen molar-refractivity contribution < 1.29 is 27.5 Å². The molecule has 0 aliphatic rings. The molecule has 154 valence electrons. The van der Waals surface area contributed by atoms with Gasteiger partial charge in [0.05, 0.1) is 23.9 Å². The van der Waals surface area contributed by atoms with E-state index in [0.717, 1.165) is 12.1 Å². The maximum atomic E-state index is 12.8. The largest absolute Gasteiger partial charge is 0.465 e. The molecular weight excluding hydrogens is 419 g/mol. The quantitative estimate of drug-likeness (QED) is 0.394. The van der Waals surface area contributed by atoms with Crippen molar-refractivity contribution in [2.75, 3.05) is 12.4 Å². The Morgan fingerprint density at radius 2 is 1.67 bits per heavy atom. The van der Waals surface area contributed by atoms with Crippen LogP contribution in [0, 0.1) is 0 Å². The van der Waals surface area contributed by atoms with Gasteiger partial charge in [0.1, 0.15) is 0 Å². The number of rotatable bonds is 5. The van der Waals surface area contributed by atoms with Crippen LogP contribution in [0.1, 0.15) is 15.9 Å². The number of benzene rings is 3. The highest BCUT2D eigenvalue weighted by Crippen LogP contribution is 2.37. The van der Waals surface area contributed by atoms with Crippen molar-refractivity contribution >= 4 is 29.7 Å². The molecule has 30 heavy (non-hydrogen) atoms. The van der Waals surface area contributed by atoms with E-state index in [9.17, 15) is 22.8 Å². The van der Waals surface area contributed by atoms with Gasteiger partial charge in [0.15, 0.2) is 0 Å². The van der Waals surface area contributed by atoms with Gasteiger partial charge in [-0.25, -0.2) is 4.79 Å². The number of ether oxygens (including phenoxy) is 1. The number of amides is 1. The zero-order valence-electron chi connectivity index (χ0n) is 15.6. The van der Waals surface area contributed by atoms with Crippen molar-refractivity contribution in [3.05, 3.63) is 76.8 Å². The number of esters is 1. The Morgan fingerprint density at radius 1 is 1.00 bits per heavy atom. The van der Waals surface area contributed by atoms with Crippen LogP contribution in [0.15, 0.2) is 60.7 Å². The summed E-state index contributed by atoms with van der Waals surface area (Å²) in [5.41, 5.74) is 1.89. The van der Waals surface area contributed by atoms with Gasteiger partial charge in [-0.05, 0) is 35.4 Å². The van der Waals surface area contributed by atoms with Gasteiger partial charge in [0.25, 0.3) is 0 Å². The van der Waals surface area contributed by atoms with E-state index in [-0.39, 0.29) is 11.3 Å². The van der Waals surface area contributed by atoms with Crippen LogP contribution in [0.4, 0.5) is 18.9 Å². The molecule has 1 amide bonds. The maximum Gasteiger partial charge on any atom is 0.416 e. The molecular formula is C22H15ClF3NO3. The number of methoxy groups -OCH3 is 1. The summed E-state index contributed by atoms with van der Waals surface area (Å²) < 4.78 is 43.1. The smallest absolute Gasteiger partial charge is 0.416 e. The molecule has 3 aromatic carbocycles. The van der Waals surface area contributed by atoms with E-state index in [1.807, 2.05) is 0 Å². The molecule has 0 aliphatic carbocycles. The molecule has 0 aromatic heterocycles. The lowest BCUT2D eigenvalue weighted by molar-refractivity contribution is -0.137. The fraction of sp³-hybridized carbons (Fsp3) is 0.0909. The molecule has 4 nitrogen and oxygen atoms in total. The van der Waals surface area contributed by atoms with E-state index in [4.69, 9.17) is 16.3 Å². The van der Waals surface area contributed by atoms with Gasteiger partial charge in [0.2, 0.25) is 6.41 Å². The van der Waals surface area contributed by atoms with Gasteiger partial charge < -0.3 is 10.1 Å².